The van der Waals surface area contributed by atoms with Crippen LogP contribution in [0.25, 0.3) is 0 Å². The number of furan rings is 1. The molecule has 0 atom stereocenters. The lowest BCUT2D eigenvalue weighted by atomic mass is 10.2. The summed E-state index contributed by atoms with van der Waals surface area (Å²) in [7, 11) is 1.28. The van der Waals surface area contributed by atoms with Crippen LogP contribution in [0.5, 0.6) is 0 Å². The monoisotopic (exact) mass is 532 g/mol. The minimum Gasteiger partial charge on any atom is -0.465 e. The van der Waals surface area contributed by atoms with E-state index in [9.17, 15) is 18.0 Å². The summed E-state index contributed by atoms with van der Waals surface area (Å²) >= 11 is 0.916. The molecule has 0 spiro atoms. The summed E-state index contributed by atoms with van der Waals surface area (Å²) in [5, 5.41) is 7.15. The maximum atomic E-state index is 12.6. The van der Waals surface area contributed by atoms with Gasteiger partial charge in [-0.05, 0) is 19.9 Å². The molecule has 0 fully saturated rings. The lowest BCUT2D eigenvalue weighted by molar-refractivity contribution is -0.140. The second kappa shape index (κ2) is 10.6. The highest BCUT2D eigenvalue weighted by Crippen LogP contribution is 2.29. The van der Waals surface area contributed by atoms with Crippen LogP contribution in [0.4, 0.5) is 13.2 Å². The van der Waals surface area contributed by atoms with Crippen LogP contribution >= 0.6 is 35.3 Å². The highest BCUT2D eigenvalue weighted by atomic mass is 127. The van der Waals surface area contributed by atoms with Gasteiger partial charge in [0.25, 0.3) is 0 Å². The zero-order valence-electron chi connectivity index (χ0n) is 15.3. The molecule has 0 amide bonds. The van der Waals surface area contributed by atoms with E-state index in [0.29, 0.717) is 29.6 Å². The fraction of sp³-hybridized carbons (Fsp3) is 0.438. The SMILES string of the molecule is CCNC(=NCc1cc(C(=O)OC)c(C)o1)NCc1nc(C(F)(F)F)cs1.I. The minimum absolute atomic E-state index is 0. The van der Waals surface area contributed by atoms with Crippen LogP contribution in [-0.2, 0) is 24.0 Å². The lowest BCUT2D eigenvalue weighted by Gasteiger charge is -2.09. The second-order valence-electron chi connectivity index (χ2n) is 5.35. The van der Waals surface area contributed by atoms with E-state index in [1.807, 2.05) is 6.92 Å². The van der Waals surface area contributed by atoms with Gasteiger partial charge in [-0.3, -0.25) is 0 Å². The van der Waals surface area contributed by atoms with Crippen molar-refractivity contribution in [1.29, 1.82) is 0 Å². The number of halogens is 4. The third kappa shape index (κ3) is 6.65. The normalized spacial score (nSPS) is 11.7. The maximum absolute atomic E-state index is 12.6. The number of methoxy groups -OCH3 is 1. The minimum atomic E-state index is -4.46. The molecule has 2 rings (SSSR count). The summed E-state index contributed by atoms with van der Waals surface area (Å²) in [6.07, 6.45) is -4.46. The summed E-state index contributed by atoms with van der Waals surface area (Å²) in [4.78, 5) is 19.4. The van der Waals surface area contributed by atoms with Gasteiger partial charge in [-0.1, -0.05) is 0 Å². The van der Waals surface area contributed by atoms with Crippen molar-refractivity contribution in [2.45, 2.75) is 33.1 Å². The van der Waals surface area contributed by atoms with Gasteiger partial charge >= 0.3 is 12.1 Å². The number of rotatable bonds is 6. The number of carbonyl (C=O) groups excluding carboxylic acids is 1. The molecule has 0 unspecified atom stereocenters. The summed E-state index contributed by atoms with van der Waals surface area (Å²) in [5.41, 5.74) is -0.587. The van der Waals surface area contributed by atoms with Crippen molar-refractivity contribution in [1.82, 2.24) is 15.6 Å². The van der Waals surface area contributed by atoms with Gasteiger partial charge in [0, 0.05) is 11.9 Å². The summed E-state index contributed by atoms with van der Waals surface area (Å²) in [5.74, 6) is 0.766. The zero-order valence-corrected chi connectivity index (χ0v) is 18.5. The lowest BCUT2D eigenvalue weighted by Crippen LogP contribution is -2.36. The van der Waals surface area contributed by atoms with Gasteiger partial charge < -0.3 is 19.8 Å². The first-order valence-electron chi connectivity index (χ1n) is 7.96. The molecule has 12 heteroatoms. The Balaban J connectivity index is 0.00000392. The molecule has 0 aliphatic rings. The number of nitrogens with one attached hydrogen (secondary N) is 2. The van der Waals surface area contributed by atoms with Gasteiger partial charge in [-0.2, -0.15) is 13.2 Å². The Morgan fingerprint density at radius 3 is 2.68 bits per heavy atom. The molecule has 2 heterocycles. The summed E-state index contributed by atoms with van der Waals surface area (Å²) in [6.45, 7) is 4.29. The van der Waals surface area contributed by atoms with Gasteiger partial charge in [0.1, 0.15) is 28.6 Å². The van der Waals surface area contributed by atoms with E-state index in [0.717, 1.165) is 16.7 Å². The Hall–Kier alpha value is -1.83. The quantitative estimate of drug-likeness (QED) is 0.255. The van der Waals surface area contributed by atoms with E-state index < -0.39 is 17.8 Å². The van der Waals surface area contributed by atoms with Gasteiger partial charge in [0.05, 0.1) is 13.7 Å². The molecule has 0 bridgehead atoms. The third-order valence-electron chi connectivity index (χ3n) is 3.36. The van der Waals surface area contributed by atoms with Gasteiger partial charge in [0.2, 0.25) is 0 Å². The molecule has 0 aliphatic carbocycles. The number of thiazole rings is 1. The molecule has 0 saturated carbocycles. The predicted molar refractivity (Wildman–Crippen MR) is 109 cm³/mol. The molecular formula is C16H20F3IN4O3S. The zero-order chi connectivity index (χ0) is 20.0. The Kier molecular flexibility index (Phi) is 9.20. The third-order valence-corrected chi connectivity index (χ3v) is 4.21. The van der Waals surface area contributed by atoms with Crippen molar-refractivity contribution in [3.05, 3.63) is 39.2 Å². The van der Waals surface area contributed by atoms with Crippen LogP contribution in [-0.4, -0.2) is 30.6 Å². The summed E-state index contributed by atoms with van der Waals surface area (Å²) in [6, 6.07) is 1.55. The van der Waals surface area contributed by atoms with Crippen molar-refractivity contribution in [3.8, 4) is 0 Å². The first kappa shape index (κ1) is 24.2. The van der Waals surface area contributed by atoms with Crippen molar-refractivity contribution >= 4 is 47.2 Å². The van der Waals surface area contributed by atoms with Crippen molar-refractivity contribution in [2.24, 2.45) is 4.99 Å². The molecule has 28 heavy (non-hydrogen) atoms. The van der Waals surface area contributed by atoms with E-state index >= 15 is 0 Å². The molecule has 0 aromatic carbocycles. The summed E-state index contributed by atoms with van der Waals surface area (Å²) < 4.78 is 47.9. The molecule has 0 aliphatic heterocycles. The van der Waals surface area contributed by atoms with E-state index in [4.69, 9.17) is 4.42 Å². The number of alkyl halides is 3. The smallest absolute Gasteiger partial charge is 0.434 e. The van der Waals surface area contributed by atoms with Crippen LogP contribution in [0, 0.1) is 6.92 Å². The number of hydrogen-bond acceptors (Lipinski definition) is 6. The van der Waals surface area contributed by atoms with Gasteiger partial charge in [-0.25, -0.2) is 14.8 Å². The second-order valence-corrected chi connectivity index (χ2v) is 6.29. The van der Waals surface area contributed by atoms with Crippen LogP contribution < -0.4 is 10.6 Å². The number of nitrogens with zero attached hydrogens (tertiary/aromatic N) is 2. The van der Waals surface area contributed by atoms with Crippen LogP contribution in [0.3, 0.4) is 0 Å². The van der Waals surface area contributed by atoms with Crippen LogP contribution in [0.1, 0.15) is 39.5 Å². The number of esters is 1. The molecule has 7 nitrogen and oxygen atoms in total. The number of aromatic nitrogens is 1. The number of aryl methyl sites for hydroxylation is 1. The van der Waals surface area contributed by atoms with E-state index in [1.165, 1.54) is 7.11 Å². The van der Waals surface area contributed by atoms with E-state index in [-0.39, 0.29) is 42.1 Å². The van der Waals surface area contributed by atoms with Crippen molar-refractivity contribution in [3.63, 3.8) is 0 Å². The fourth-order valence-electron chi connectivity index (χ4n) is 2.11. The molecule has 156 valence electrons. The van der Waals surface area contributed by atoms with Gasteiger partial charge in [0.15, 0.2) is 11.7 Å². The van der Waals surface area contributed by atoms with Crippen LogP contribution in [0.2, 0.25) is 0 Å². The molecule has 0 radical (unpaired) electrons. The molecule has 2 N–H and O–H groups in total. The van der Waals surface area contributed by atoms with Crippen LogP contribution in [0.15, 0.2) is 20.9 Å². The molecular weight excluding hydrogens is 512 g/mol. The van der Waals surface area contributed by atoms with E-state index in [2.05, 4.69) is 25.3 Å². The van der Waals surface area contributed by atoms with Crippen molar-refractivity contribution in [2.75, 3.05) is 13.7 Å². The Morgan fingerprint density at radius 1 is 1.39 bits per heavy atom. The average molecular weight is 532 g/mol. The Labute approximate surface area is 180 Å². The number of hydrogen-bond donors (Lipinski definition) is 2. The Bertz CT molecular complexity index is 820. The maximum Gasteiger partial charge on any atom is 0.434 e. The molecule has 2 aromatic rings. The van der Waals surface area contributed by atoms with Gasteiger partial charge in [-0.15, -0.1) is 35.3 Å². The van der Waals surface area contributed by atoms with Crippen molar-refractivity contribution < 1.29 is 27.1 Å². The highest BCUT2D eigenvalue weighted by molar-refractivity contribution is 14.0. The predicted octanol–water partition coefficient (Wildman–Crippen LogP) is 3.72. The highest BCUT2D eigenvalue weighted by Gasteiger charge is 2.33. The molecule has 2 aromatic heterocycles. The Morgan fingerprint density at radius 2 is 2.11 bits per heavy atom. The number of guanidine groups is 1. The standard InChI is InChI=1S/C16H19F3N4O3S.HI/c1-4-20-15(22-7-13-23-12(8-27-13)16(17,18)19)21-6-10-5-11(9(2)26-10)14(24)25-3;/h5,8H,4,6-7H2,1-3H3,(H2,20,21,22);1H. The number of ether oxygens (including phenoxy) is 1. The molecule has 0 saturated heterocycles. The first-order chi connectivity index (χ1) is 12.7. The topological polar surface area (TPSA) is 88.8 Å². The number of aliphatic imine (C=N–C) groups is 1. The number of carbonyl (C=O) groups is 1. The fourth-order valence-corrected chi connectivity index (χ4v) is 2.86. The largest absolute Gasteiger partial charge is 0.465 e. The van der Waals surface area contributed by atoms with E-state index in [1.54, 1.807) is 13.0 Å². The first-order valence-corrected chi connectivity index (χ1v) is 8.84. The average Bonchev–Trinajstić information content (AvgIpc) is 3.23.